The summed E-state index contributed by atoms with van der Waals surface area (Å²) >= 11 is 4.46. The van der Waals surface area contributed by atoms with Crippen molar-refractivity contribution in [3.63, 3.8) is 0 Å². The van der Waals surface area contributed by atoms with Gasteiger partial charge in [-0.05, 0) is 32.3 Å². The topological polar surface area (TPSA) is 74.6 Å². The Bertz CT molecular complexity index is 509. The minimum atomic E-state index is -0.0131. The average Bonchev–Trinajstić information content (AvgIpc) is 2.77. The van der Waals surface area contributed by atoms with Crippen molar-refractivity contribution >= 4 is 12.6 Å². The maximum Gasteiger partial charge on any atom is 0.133 e. The van der Waals surface area contributed by atoms with E-state index in [4.69, 9.17) is 10.5 Å². The molecule has 1 aliphatic rings. The number of hydrogen-bond acceptors (Lipinski definition) is 5. The highest BCUT2D eigenvalue weighted by atomic mass is 32.1. The van der Waals surface area contributed by atoms with Crippen LogP contribution in [0.3, 0.4) is 0 Å². The number of nitriles is 3. The van der Waals surface area contributed by atoms with E-state index in [1.807, 2.05) is 24.0 Å². The molecule has 0 aromatic rings. The van der Waals surface area contributed by atoms with Crippen LogP contribution >= 0.6 is 12.6 Å². The van der Waals surface area contributed by atoms with E-state index in [1.54, 1.807) is 6.92 Å². The monoisotopic (exact) mass is 258 g/mol. The molecule has 0 aromatic heterocycles. The number of rotatable bonds is 2. The third-order valence-electron chi connectivity index (χ3n) is 3.10. The van der Waals surface area contributed by atoms with Crippen LogP contribution in [0.5, 0.6) is 0 Å². The van der Waals surface area contributed by atoms with Crippen LogP contribution in [-0.2, 0) is 0 Å². The van der Waals surface area contributed by atoms with Gasteiger partial charge in [0.2, 0.25) is 0 Å². The Hall–Kier alpha value is -1.90. The number of allylic oxidation sites excluding steroid dienone is 4. The smallest absolute Gasteiger partial charge is 0.133 e. The largest absolute Gasteiger partial charge is 0.362 e. The Labute approximate surface area is 113 Å². The van der Waals surface area contributed by atoms with Crippen molar-refractivity contribution in [3.05, 3.63) is 22.4 Å². The molecule has 1 rings (SSSR count). The van der Waals surface area contributed by atoms with E-state index in [0.29, 0.717) is 11.1 Å². The summed E-state index contributed by atoms with van der Waals surface area (Å²) in [5, 5.41) is 27.0. The van der Waals surface area contributed by atoms with E-state index in [2.05, 4.69) is 18.7 Å². The van der Waals surface area contributed by atoms with E-state index in [-0.39, 0.29) is 10.9 Å². The van der Waals surface area contributed by atoms with Crippen LogP contribution in [0.2, 0.25) is 0 Å². The molecule has 1 heterocycles. The zero-order valence-electron chi connectivity index (χ0n) is 10.4. The molecule has 0 aliphatic carbocycles. The predicted molar refractivity (Wildman–Crippen MR) is 71.0 cm³/mol. The molecule has 18 heavy (non-hydrogen) atoms. The van der Waals surface area contributed by atoms with E-state index >= 15 is 0 Å². The van der Waals surface area contributed by atoms with Gasteiger partial charge in [0.1, 0.15) is 23.8 Å². The van der Waals surface area contributed by atoms with Crippen LogP contribution < -0.4 is 0 Å². The van der Waals surface area contributed by atoms with Gasteiger partial charge in [-0.15, -0.1) is 0 Å². The van der Waals surface area contributed by atoms with Crippen molar-refractivity contribution in [1.82, 2.24) is 4.90 Å². The Morgan fingerprint density at radius 2 is 1.78 bits per heavy atom. The summed E-state index contributed by atoms with van der Waals surface area (Å²) in [6, 6.07) is 5.73. The van der Waals surface area contributed by atoms with Crippen molar-refractivity contribution in [3.8, 4) is 18.2 Å². The molecular formula is C13H14N4S. The van der Waals surface area contributed by atoms with Crippen molar-refractivity contribution in [1.29, 1.82) is 15.8 Å². The first-order valence-electron chi connectivity index (χ1n) is 5.64. The van der Waals surface area contributed by atoms with Gasteiger partial charge in [0.25, 0.3) is 0 Å². The predicted octanol–water partition coefficient (Wildman–Crippen LogP) is 2.50. The standard InChI is InChI=1S/C13H14N4S/c1-9(11(6-14)7-15)12(8-16)10(2)17-5-3-4-13(17)18/h13,18H,3-5H2,1-2H3/b12-10+. The van der Waals surface area contributed by atoms with Crippen LogP contribution in [0, 0.1) is 34.0 Å². The average molecular weight is 258 g/mol. The first kappa shape index (κ1) is 14.2. The highest BCUT2D eigenvalue weighted by Gasteiger charge is 2.24. The summed E-state index contributed by atoms with van der Waals surface area (Å²) in [7, 11) is 0. The second-order valence-electron chi connectivity index (χ2n) is 4.11. The maximum absolute atomic E-state index is 9.24. The quantitative estimate of drug-likeness (QED) is 0.469. The molecule has 1 saturated heterocycles. The Morgan fingerprint density at radius 1 is 1.17 bits per heavy atom. The van der Waals surface area contributed by atoms with Crippen LogP contribution in [0.1, 0.15) is 26.7 Å². The molecule has 1 fully saturated rings. The molecule has 0 amide bonds. The van der Waals surface area contributed by atoms with E-state index in [1.165, 1.54) is 0 Å². The van der Waals surface area contributed by atoms with Gasteiger partial charge in [0.15, 0.2) is 0 Å². The molecule has 0 N–H and O–H groups in total. The zero-order valence-corrected chi connectivity index (χ0v) is 11.3. The SMILES string of the molecule is CC(=C(C#N)C#N)/C(C#N)=C(\C)N1CCCC1S. The van der Waals surface area contributed by atoms with Gasteiger partial charge >= 0.3 is 0 Å². The number of nitrogens with zero attached hydrogens (tertiary/aromatic N) is 4. The van der Waals surface area contributed by atoms with Crippen molar-refractivity contribution in [2.75, 3.05) is 6.54 Å². The number of hydrogen-bond donors (Lipinski definition) is 1. The molecule has 0 radical (unpaired) electrons. The molecule has 0 bridgehead atoms. The van der Waals surface area contributed by atoms with Gasteiger partial charge in [0, 0.05) is 12.2 Å². The van der Waals surface area contributed by atoms with Gasteiger partial charge in [-0.1, -0.05) is 0 Å². The molecule has 0 spiro atoms. The van der Waals surface area contributed by atoms with Gasteiger partial charge in [-0.2, -0.15) is 28.4 Å². The highest BCUT2D eigenvalue weighted by Crippen LogP contribution is 2.28. The van der Waals surface area contributed by atoms with E-state index in [0.717, 1.165) is 25.1 Å². The van der Waals surface area contributed by atoms with Crippen molar-refractivity contribution in [2.24, 2.45) is 0 Å². The fourth-order valence-corrected chi connectivity index (χ4v) is 2.51. The normalized spacial score (nSPS) is 19.3. The van der Waals surface area contributed by atoms with Crippen LogP contribution in [0.4, 0.5) is 0 Å². The molecule has 92 valence electrons. The van der Waals surface area contributed by atoms with E-state index < -0.39 is 0 Å². The van der Waals surface area contributed by atoms with Gasteiger partial charge in [-0.25, -0.2) is 0 Å². The molecule has 5 heteroatoms. The van der Waals surface area contributed by atoms with Crippen LogP contribution in [-0.4, -0.2) is 16.8 Å². The zero-order chi connectivity index (χ0) is 13.7. The lowest BCUT2D eigenvalue weighted by Crippen LogP contribution is -2.24. The first-order valence-corrected chi connectivity index (χ1v) is 6.15. The Balaban J connectivity index is 3.26. The molecule has 1 atom stereocenters. The lowest BCUT2D eigenvalue weighted by molar-refractivity contribution is 0.401. The minimum absolute atomic E-state index is 0.0131. The van der Waals surface area contributed by atoms with Gasteiger partial charge in [0.05, 0.1) is 10.9 Å². The van der Waals surface area contributed by atoms with Crippen molar-refractivity contribution in [2.45, 2.75) is 32.1 Å². The summed E-state index contributed by atoms with van der Waals surface area (Å²) in [5.41, 5.74) is 1.61. The van der Waals surface area contributed by atoms with Crippen LogP contribution in [0.25, 0.3) is 0 Å². The maximum atomic E-state index is 9.24. The Morgan fingerprint density at radius 3 is 2.17 bits per heavy atom. The molecular weight excluding hydrogens is 244 g/mol. The van der Waals surface area contributed by atoms with Gasteiger partial charge in [-0.3, -0.25) is 0 Å². The highest BCUT2D eigenvalue weighted by molar-refractivity contribution is 7.80. The molecule has 1 aliphatic heterocycles. The van der Waals surface area contributed by atoms with Crippen molar-refractivity contribution < 1.29 is 0 Å². The summed E-state index contributed by atoms with van der Waals surface area (Å²) in [4.78, 5) is 2.04. The fraction of sp³-hybridized carbons (Fsp3) is 0.462. The Kier molecular flexibility index (Phi) is 4.84. The molecule has 4 nitrogen and oxygen atoms in total. The lowest BCUT2D eigenvalue weighted by Gasteiger charge is -2.25. The summed E-state index contributed by atoms with van der Waals surface area (Å²) in [6.07, 6.45) is 2.02. The second kappa shape index (κ2) is 6.15. The van der Waals surface area contributed by atoms with Crippen LogP contribution in [0.15, 0.2) is 22.4 Å². The lowest BCUT2D eigenvalue weighted by atomic mass is 10.0. The number of thiol groups is 1. The summed E-state index contributed by atoms with van der Waals surface area (Å²) in [5.74, 6) is 0. The minimum Gasteiger partial charge on any atom is -0.362 e. The molecule has 1 unspecified atom stereocenters. The fourth-order valence-electron chi connectivity index (χ4n) is 2.04. The summed E-state index contributed by atoms with van der Waals surface area (Å²) in [6.45, 7) is 4.32. The second-order valence-corrected chi connectivity index (χ2v) is 4.71. The van der Waals surface area contributed by atoms with Gasteiger partial charge < -0.3 is 4.90 Å². The third kappa shape index (κ3) is 2.67. The van der Waals surface area contributed by atoms with E-state index in [9.17, 15) is 5.26 Å². The molecule has 0 saturated carbocycles. The summed E-state index contributed by atoms with van der Waals surface area (Å²) < 4.78 is 0. The third-order valence-corrected chi connectivity index (χ3v) is 3.64. The number of likely N-dealkylation sites (tertiary alicyclic amines) is 1. The molecule has 0 aromatic carbocycles. The first-order chi connectivity index (χ1) is 8.56.